The highest BCUT2D eigenvalue weighted by Crippen LogP contribution is 2.28. The van der Waals surface area contributed by atoms with Gasteiger partial charge in [0.1, 0.15) is 6.29 Å². The molecule has 2 amide bonds. The van der Waals surface area contributed by atoms with Crippen molar-refractivity contribution in [1.82, 2.24) is 5.32 Å². The van der Waals surface area contributed by atoms with Crippen LogP contribution in [0.25, 0.3) is 0 Å². The lowest BCUT2D eigenvalue weighted by atomic mass is 9.98. The van der Waals surface area contributed by atoms with E-state index in [4.69, 9.17) is 4.74 Å². The number of benzene rings is 1. The molecule has 1 aromatic carbocycles. The summed E-state index contributed by atoms with van der Waals surface area (Å²) in [6.07, 6.45) is 2.08. The van der Waals surface area contributed by atoms with Crippen LogP contribution in [-0.2, 0) is 14.4 Å². The van der Waals surface area contributed by atoms with Crippen LogP contribution in [0.4, 0.5) is 10.1 Å². The molecule has 0 radical (unpaired) electrons. The number of imide groups is 1. The molecule has 2 aliphatic rings. The molecule has 0 aromatic heterocycles. The monoisotopic (exact) mass is 334 g/mol. The predicted molar refractivity (Wildman–Crippen MR) is 84.2 cm³/mol. The summed E-state index contributed by atoms with van der Waals surface area (Å²) < 4.78 is 19.7. The van der Waals surface area contributed by atoms with Gasteiger partial charge < -0.3 is 14.4 Å². The summed E-state index contributed by atoms with van der Waals surface area (Å²) in [5.74, 6) is -1.34. The standard InChI is InChI=1S/C17H19FN2O4/c18-13-9-12(20-7-5-11(10-21)6-8-20)1-2-14(13)24-15-3-4-16(22)19-17(15)23/h1-2,9-11,15H,3-8H2,(H,19,22,23). The molecule has 2 fully saturated rings. The fraction of sp³-hybridized carbons (Fsp3) is 0.471. The third-order valence-corrected chi connectivity index (χ3v) is 4.47. The van der Waals surface area contributed by atoms with Crippen molar-refractivity contribution < 1.29 is 23.5 Å². The summed E-state index contributed by atoms with van der Waals surface area (Å²) in [6.45, 7) is 1.41. The van der Waals surface area contributed by atoms with E-state index in [1.54, 1.807) is 6.07 Å². The van der Waals surface area contributed by atoms with Crippen LogP contribution in [0.15, 0.2) is 18.2 Å². The predicted octanol–water partition coefficient (Wildman–Crippen LogP) is 1.42. The van der Waals surface area contributed by atoms with E-state index in [1.807, 2.05) is 4.90 Å². The zero-order valence-electron chi connectivity index (χ0n) is 13.2. The van der Waals surface area contributed by atoms with Gasteiger partial charge in [-0.15, -0.1) is 0 Å². The highest BCUT2D eigenvalue weighted by molar-refractivity contribution is 5.99. The number of carbonyl (C=O) groups is 3. The highest BCUT2D eigenvalue weighted by atomic mass is 19.1. The first-order valence-corrected chi connectivity index (χ1v) is 8.07. The molecule has 2 heterocycles. The Bertz CT molecular complexity index is 656. The van der Waals surface area contributed by atoms with Gasteiger partial charge in [0, 0.05) is 43.6 Å². The van der Waals surface area contributed by atoms with E-state index in [2.05, 4.69) is 5.32 Å². The molecular weight excluding hydrogens is 315 g/mol. The minimum Gasteiger partial charge on any atom is -0.477 e. The van der Waals surface area contributed by atoms with Crippen LogP contribution < -0.4 is 15.0 Å². The second kappa shape index (κ2) is 6.98. The molecule has 1 N–H and O–H groups in total. The summed E-state index contributed by atoms with van der Waals surface area (Å²) in [4.78, 5) is 35.6. The zero-order valence-corrected chi connectivity index (χ0v) is 13.2. The number of nitrogens with one attached hydrogen (secondary N) is 1. The number of anilines is 1. The van der Waals surface area contributed by atoms with Crippen LogP contribution in [0.1, 0.15) is 25.7 Å². The summed E-state index contributed by atoms with van der Waals surface area (Å²) in [5.41, 5.74) is 0.729. The van der Waals surface area contributed by atoms with E-state index in [9.17, 15) is 18.8 Å². The van der Waals surface area contributed by atoms with Crippen LogP contribution in [0, 0.1) is 11.7 Å². The molecule has 7 heteroatoms. The van der Waals surface area contributed by atoms with Crippen molar-refractivity contribution >= 4 is 23.8 Å². The minimum atomic E-state index is -0.855. The van der Waals surface area contributed by atoms with Crippen LogP contribution in [0.3, 0.4) is 0 Å². The summed E-state index contributed by atoms with van der Waals surface area (Å²) in [7, 11) is 0. The number of hydrogen-bond donors (Lipinski definition) is 1. The zero-order chi connectivity index (χ0) is 17.1. The molecule has 1 atom stereocenters. The minimum absolute atomic E-state index is 0.00368. The van der Waals surface area contributed by atoms with Gasteiger partial charge >= 0.3 is 0 Å². The van der Waals surface area contributed by atoms with Crippen LogP contribution in [-0.4, -0.2) is 37.3 Å². The van der Waals surface area contributed by atoms with Gasteiger partial charge in [0.2, 0.25) is 5.91 Å². The topological polar surface area (TPSA) is 75.7 Å². The van der Waals surface area contributed by atoms with E-state index < -0.39 is 17.8 Å². The average molecular weight is 334 g/mol. The summed E-state index contributed by atoms with van der Waals surface area (Å²) >= 11 is 0. The largest absolute Gasteiger partial charge is 0.477 e. The maximum absolute atomic E-state index is 14.3. The van der Waals surface area contributed by atoms with Gasteiger partial charge in [-0.2, -0.15) is 0 Å². The molecular formula is C17H19FN2O4. The molecule has 0 aliphatic carbocycles. The first-order valence-electron chi connectivity index (χ1n) is 8.07. The van der Waals surface area contributed by atoms with Gasteiger partial charge in [0.25, 0.3) is 5.91 Å². The molecule has 6 nitrogen and oxygen atoms in total. The van der Waals surface area contributed by atoms with E-state index in [0.717, 1.165) is 24.8 Å². The number of halogens is 1. The van der Waals surface area contributed by atoms with Gasteiger partial charge in [0.15, 0.2) is 17.7 Å². The van der Waals surface area contributed by atoms with Gasteiger partial charge in [-0.1, -0.05) is 0 Å². The number of rotatable bonds is 4. The van der Waals surface area contributed by atoms with Crippen molar-refractivity contribution in [2.45, 2.75) is 31.8 Å². The van der Waals surface area contributed by atoms with Gasteiger partial charge in [0.05, 0.1) is 0 Å². The van der Waals surface area contributed by atoms with Crippen LogP contribution in [0.5, 0.6) is 5.75 Å². The van der Waals surface area contributed by atoms with E-state index in [0.29, 0.717) is 13.1 Å². The van der Waals surface area contributed by atoms with Crippen LogP contribution in [0.2, 0.25) is 0 Å². The lowest BCUT2D eigenvalue weighted by molar-refractivity contribution is -0.139. The molecule has 2 aliphatic heterocycles. The van der Waals surface area contributed by atoms with Gasteiger partial charge in [-0.3, -0.25) is 14.9 Å². The molecule has 3 rings (SSSR count). The molecule has 0 bridgehead atoms. The Morgan fingerprint density at radius 2 is 1.96 bits per heavy atom. The average Bonchev–Trinajstić information content (AvgIpc) is 2.59. The second-order valence-corrected chi connectivity index (χ2v) is 6.13. The third kappa shape index (κ3) is 3.55. The molecule has 1 aromatic rings. The molecule has 2 saturated heterocycles. The fourth-order valence-electron chi connectivity index (χ4n) is 3.02. The van der Waals surface area contributed by atoms with Crippen molar-refractivity contribution in [3.8, 4) is 5.75 Å². The number of carbonyl (C=O) groups excluding carboxylic acids is 3. The second-order valence-electron chi connectivity index (χ2n) is 6.13. The quantitative estimate of drug-likeness (QED) is 0.666. The van der Waals surface area contributed by atoms with Gasteiger partial charge in [-0.25, -0.2) is 4.39 Å². The normalized spacial score (nSPS) is 22.2. The maximum Gasteiger partial charge on any atom is 0.267 e. The molecule has 0 spiro atoms. The van der Waals surface area contributed by atoms with E-state index >= 15 is 0 Å². The Labute approximate surface area is 139 Å². The Morgan fingerprint density at radius 3 is 2.58 bits per heavy atom. The Morgan fingerprint density at radius 1 is 1.21 bits per heavy atom. The Hall–Kier alpha value is -2.44. The number of nitrogens with zero attached hydrogens (tertiary/aromatic N) is 1. The van der Waals surface area contributed by atoms with Crippen molar-refractivity contribution in [1.29, 1.82) is 0 Å². The molecule has 0 saturated carbocycles. The third-order valence-electron chi connectivity index (χ3n) is 4.47. The smallest absolute Gasteiger partial charge is 0.267 e. The lowest BCUT2D eigenvalue weighted by Gasteiger charge is -2.31. The fourth-order valence-corrected chi connectivity index (χ4v) is 3.02. The summed E-state index contributed by atoms with van der Waals surface area (Å²) in [5, 5.41) is 2.18. The van der Waals surface area contributed by atoms with Crippen molar-refractivity contribution in [2.24, 2.45) is 5.92 Å². The molecule has 24 heavy (non-hydrogen) atoms. The van der Waals surface area contributed by atoms with Crippen molar-refractivity contribution in [3.63, 3.8) is 0 Å². The number of piperidine rings is 2. The highest BCUT2D eigenvalue weighted by Gasteiger charge is 2.29. The number of hydrogen-bond acceptors (Lipinski definition) is 5. The van der Waals surface area contributed by atoms with Crippen molar-refractivity contribution in [3.05, 3.63) is 24.0 Å². The van der Waals surface area contributed by atoms with Crippen LogP contribution >= 0.6 is 0 Å². The molecule has 128 valence electrons. The molecule has 1 unspecified atom stereocenters. The Balaban J connectivity index is 1.66. The number of aldehydes is 1. The Kier molecular flexibility index (Phi) is 4.78. The lowest BCUT2D eigenvalue weighted by Crippen LogP contribution is -2.46. The van der Waals surface area contributed by atoms with Gasteiger partial charge in [-0.05, 0) is 25.0 Å². The SMILES string of the molecule is O=CC1CCN(c2ccc(OC3CCC(=O)NC3=O)c(F)c2)CC1. The summed E-state index contributed by atoms with van der Waals surface area (Å²) in [6, 6.07) is 4.62. The number of amides is 2. The van der Waals surface area contributed by atoms with E-state index in [1.165, 1.54) is 12.1 Å². The first-order chi connectivity index (χ1) is 11.6. The van der Waals surface area contributed by atoms with Crippen molar-refractivity contribution in [2.75, 3.05) is 18.0 Å². The number of ether oxygens (including phenoxy) is 1. The maximum atomic E-state index is 14.3. The first kappa shape index (κ1) is 16.4. The van der Waals surface area contributed by atoms with E-state index in [-0.39, 0.29) is 30.4 Å².